The predicted octanol–water partition coefficient (Wildman–Crippen LogP) is 0.379. The van der Waals surface area contributed by atoms with Crippen LogP contribution in [0.15, 0.2) is 0 Å². The molecular formula is C10H22O4. The van der Waals surface area contributed by atoms with E-state index in [0.29, 0.717) is 32.1 Å². The van der Waals surface area contributed by atoms with Crippen LogP contribution in [-0.2, 0) is 0 Å². The molecule has 0 spiro atoms. The van der Waals surface area contributed by atoms with Crippen molar-refractivity contribution in [2.45, 2.75) is 63.9 Å². The molecule has 86 valence electrons. The maximum atomic E-state index is 9.43. The van der Waals surface area contributed by atoms with Gasteiger partial charge in [-0.1, -0.05) is 6.42 Å². The molecule has 0 aromatic heterocycles. The lowest BCUT2D eigenvalue weighted by Crippen LogP contribution is -2.11. The van der Waals surface area contributed by atoms with Gasteiger partial charge in [0.1, 0.15) is 0 Å². The summed E-state index contributed by atoms with van der Waals surface area (Å²) >= 11 is 0. The molecule has 0 saturated carbocycles. The lowest BCUT2D eigenvalue weighted by atomic mass is 10.0. The molecule has 0 aliphatic carbocycles. The third-order valence-electron chi connectivity index (χ3n) is 2.17. The molecule has 4 nitrogen and oxygen atoms in total. The Bertz CT molecular complexity index is 125. The van der Waals surface area contributed by atoms with Crippen LogP contribution in [0.4, 0.5) is 0 Å². The highest BCUT2D eigenvalue weighted by atomic mass is 16.5. The minimum Gasteiger partial charge on any atom is -0.393 e. The molecule has 0 fully saturated rings. The molecular weight excluding hydrogens is 184 g/mol. The molecule has 0 aromatic carbocycles. The highest BCUT2D eigenvalue weighted by Crippen LogP contribution is 2.10. The molecule has 2 atom stereocenters. The van der Waals surface area contributed by atoms with Gasteiger partial charge in [0.2, 0.25) is 0 Å². The number of aliphatic hydroxyl groups is 4. The van der Waals surface area contributed by atoms with Crippen molar-refractivity contribution < 1.29 is 20.4 Å². The zero-order chi connectivity index (χ0) is 11.0. The van der Waals surface area contributed by atoms with Crippen LogP contribution in [0.2, 0.25) is 0 Å². The first-order valence-corrected chi connectivity index (χ1v) is 5.24. The maximum Gasteiger partial charge on any atom is 0.151 e. The molecule has 0 heterocycles. The highest BCUT2D eigenvalue weighted by Gasteiger charge is 2.06. The van der Waals surface area contributed by atoms with Crippen molar-refractivity contribution in [1.82, 2.24) is 0 Å². The van der Waals surface area contributed by atoms with Crippen LogP contribution >= 0.6 is 0 Å². The average molecular weight is 206 g/mol. The van der Waals surface area contributed by atoms with E-state index in [4.69, 9.17) is 15.3 Å². The van der Waals surface area contributed by atoms with Crippen LogP contribution in [0.3, 0.4) is 0 Å². The monoisotopic (exact) mass is 206 g/mol. The van der Waals surface area contributed by atoms with Gasteiger partial charge >= 0.3 is 0 Å². The molecule has 0 aliphatic heterocycles. The van der Waals surface area contributed by atoms with E-state index in [1.807, 2.05) is 0 Å². The van der Waals surface area contributed by atoms with Gasteiger partial charge < -0.3 is 20.4 Å². The Labute approximate surface area is 85.2 Å². The Morgan fingerprint density at radius 2 is 1.36 bits per heavy atom. The normalized spacial score (nSPS) is 15.9. The van der Waals surface area contributed by atoms with E-state index in [0.717, 1.165) is 6.42 Å². The topological polar surface area (TPSA) is 80.9 Å². The molecule has 14 heavy (non-hydrogen) atoms. The van der Waals surface area contributed by atoms with Crippen molar-refractivity contribution in [3.63, 3.8) is 0 Å². The van der Waals surface area contributed by atoms with E-state index in [1.165, 1.54) is 0 Å². The zero-order valence-electron chi connectivity index (χ0n) is 8.76. The van der Waals surface area contributed by atoms with Crippen molar-refractivity contribution in [3.8, 4) is 0 Å². The third-order valence-corrected chi connectivity index (χ3v) is 2.17. The van der Waals surface area contributed by atoms with Crippen molar-refractivity contribution in [2.24, 2.45) is 0 Å². The molecule has 0 amide bonds. The smallest absolute Gasteiger partial charge is 0.151 e. The minimum absolute atomic E-state index is 0.357. The van der Waals surface area contributed by atoms with E-state index >= 15 is 0 Å². The van der Waals surface area contributed by atoms with E-state index < -0.39 is 6.29 Å². The van der Waals surface area contributed by atoms with Crippen molar-refractivity contribution in [1.29, 1.82) is 0 Å². The largest absolute Gasteiger partial charge is 0.393 e. The Kier molecular flexibility index (Phi) is 8.08. The van der Waals surface area contributed by atoms with Crippen LogP contribution < -0.4 is 0 Å². The van der Waals surface area contributed by atoms with E-state index in [9.17, 15) is 5.11 Å². The summed E-state index contributed by atoms with van der Waals surface area (Å²) in [5, 5.41) is 35.5. The van der Waals surface area contributed by atoms with Gasteiger partial charge in [0.15, 0.2) is 6.29 Å². The maximum absolute atomic E-state index is 9.43. The summed E-state index contributed by atoms with van der Waals surface area (Å²) in [7, 11) is 0. The third kappa shape index (κ3) is 9.92. The summed E-state index contributed by atoms with van der Waals surface area (Å²) in [4.78, 5) is 0. The molecule has 0 bridgehead atoms. The number of hydrogen-bond acceptors (Lipinski definition) is 4. The van der Waals surface area contributed by atoms with Gasteiger partial charge in [-0.3, -0.25) is 0 Å². The Balaban J connectivity index is 3.22. The van der Waals surface area contributed by atoms with Crippen LogP contribution in [0, 0.1) is 0 Å². The van der Waals surface area contributed by atoms with Gasteiger partial charge in [-0.15, -0.1) is 0 Å². The highest BCUT2D eigenvalue weighted by molar-refractivity contribution is 4.59. The summed E-state index contributed by atoms with van der Waals surface area (Å²) in [6.45, 7) is 1.70. The van der Waals surface area contributed by atoms with Crippen LogP contribution in [-0.4, -0.2) is 38.9 Å². The molecule has 0 saturated heterocycles. The van der Waals surface area contributed by atoms with Crippen molar-refractivity contribution >= 4 is 0 Å². The van der Waals surface area contributed by atoms with Crippen molar-refractivity contribution in [3.05, 3.63) is 0 Å². The van der Waals surface area contributed by atoms with Crippen LogP contribution in [0.1, 0.15) is 45.4 Å². The second-order valence-corrected chi connectivity index (χ2v) is 3.85. The number of aliphatic hydroxyl groups excluding tert-OH is 3. The summed E-state index contributed by atoms with van der Waals surface area (Å²) in [5.41, 5.74) is 0. The lowest BCUT2D eigenvalue weighted by Gasteiger charge is -2.11. The van der Waals surface area contributed by atoms with Gasteiger partial charge in [-0.2, -0.15) is 0 Å². The minimum atomic E-state index is -1.23. The first kappa shape index (κ1) is 13.8. The summed E-state index contributed by atoms with van der Waals surface area (Å²) in [5.74, 6) is 0. The molecule has 0 aromatic rings. The fourth-order valence-electron chi connectivity index (χ4n) is 1.28. The quantitative estimate of drug-likeness (QED) is 0.342. The first-order chi connectivity index (χ1) is 6.52. The summed E-state index contributed by atoms with van der Waals surface area (Å²) in [6, 6.07) is 0. The fraction of sp³-hybridized carbons (Fsp3) is 1.00. The van der Waals surface area contributed by atoms with E-state index in [2.05, 4.69) is 0 Å². The van der Waals surface area contributed by atoms with Gasteiger partial charge in [0, 0.05) is 0 Å². The fourth-order valence-corrected chi connectivity index (χ4v) is 1.28. The average Bonchev–Trinajstić information content (AvgIpc) is 2.08. The Morgan fingerprint density at radius 1 is 0.786 bits per heavy atom. The molecule has 4 heteroatoms. The standard InChI is InChI=1S/C10H22O4/c1-8(11)6-7-9(12)4-2-3-5-10(13)14/h8-14H,2-7H2,1H3. The molecule has 2 unspecified atom stereocenters. The molecule has 0 rings (SSSR count). The van der Waals surface area contributed by atoms with Crippen LogP contribution in [0.5, 0.6) is 0 Å². The first-order valence-electron chi connectivity index (χ1n) is 5.24. The molecule has 4 N–H and O–H groups in total. The van der Waals surface area contributed by atoms with E-state index in [-0.39, 0.29) is 12.2 Å². The predicted molar refractivity (Wildman–Crippen MR) is 53.6 cm³/mol. The second-order valence-electron chi connectivity index (χ2n) is 3.85. The van der Waals surface area contributed by atoms with Crippen LogP contribution in [0.25, 0.3) is 0 Å². The SMILES string of the molecule is CC(O)CCC(O)CCCCC(O)O. The Hall–Kier alpha value is -0.160. The molecule has 0 radical (unpaired) electrons. The van der Waals surface area contributed by atoms with Gasteiger partial charge in [-0.25, -0.2) is 0 Å². The number of hydrogen-bond donors (Lipinski definition) is 4. The second kappa shape index (κ2) is 8.17. The van der Waals surface area contributed by atoms with Gasteiger partial charge in [0.05, 0.1) is 12.2 Å². The zero-order valence-corrected chi connectivity index (χ0v) is 8.76. The summed E-state index contributed by atoms with van der Waals surface area (Å²) in [6.07, 6.45) is 1.79. The van der Waals surface area contributed by atoms with Crippen molar-refractivity contribution in [2.75, 3.05) is 0 Å². The summed E-state index contributed by atoms with van der Waals surface area (Å²) < 4.78 is 0. The van der Waals surface area contributed by atoms with E-state index in [1.54, 1.807) is 6.92 Å². The van der Waals surface area contributed by atoms with Gasteiger partial charge in [0.25, 0.3) is 0 Å². The number of unbranched alkanes of at least 4 members (excludes halogenated alkanes) is 1. The Morgan fingerprint density at radius 3 is 1.86 bits per heavy atom. The number of rotatable bonds is 8. The van der Waals surface area contributed by atoms with Gasteiger partial charge in [-0.05, 0) is 39.0 Å². The lowest BCUT2D eigenvalue weighted by molar-refractivity contribution is -0.0470. The molecule has 0 aliphatic rings.